The molecule has 4 nitrogen and oxygen atoms in total. The first-order chi connectivity index (χ1) is 12.8. The largest absolute Gasteiger partial charge is 0.491 e. The molecule has 2 aromatic carbocycles. The van der Waals surface area contributed by atoms with Crippen LogP contribution in [0, 0.1) is 13.8 Å². The molecule has 0 fully saturated rings. The summed E-state index contributed by atoms with van der Waals surface area (Å²) in [6.45, 7) is 10.5. The Labute approximate surface area is 162 Å². The molecule has 0 saturated carbocycles. The molecule has 1 atom stereocenters. The Morgan fingerprint density at radius 1 is 0.926 bits per heavy atom. The van der Waals surface area contributed by atoms with E-state index in [0.717, 1.165) is 29.9 Å². The van der Waals surface area contributed by atoms with Crippen LogP contribution in [-0.2, 0) is 11.2 Å². The Bertz CT molecular complexity index is 738. The van der Waals surface area contributed by atoms with Crippen LogP contribution in [0.3, 0.4) is 0 Å². The van der Waals surface area contributed by atoms with Gasteiger partial charge in [-0.1, -0.05) is 18.2 Å². The second-order valence-electron chi connectivity index (χ2n) is 7.21. The maximum atomic E-state index is 12.2. The van der Waals surface area contributed by atoms with Crippen molar-refractivity contribution in [2.45, 2.75) is 59.7 Å². The molecule has 0 radical (unpaired) electrons. The van der Waals surface area contributed by atoms with Crippen LogP contribution in [0.5, 0.6) is 11.5 Å². The molecule has 0 aliphatic heterocycles. The van der Waals surface area contributed by atoms with Crippen molar-refractivity contribution < 1.29 is 14.3 Å². The molecular weight excluding hydrogens is 338 g/mol. The molecule has 1 unspecified atom stereocenters. The Hall–Kier alpha value is -2.49. The maximum absolute atomic E-state index is 12.2. The zero-order valence-electron chi connectivity index (χ0n) is 17.0. The van der Waals surface area contributed by atoms with Gasteiger partial charge in [-0.3, -0.25) is 4.79 Å². The first kappa shape index (κ1) is 20.8. The Morgan fingerprint density at radius 3 is 2.22 bits per heavy atom. The van der Waals surface area contributed by atoms with E-state index in [4.69, 9.17) is 9.47 Å². The highest BCUT2D eigenvalue weighted by Gasteiger charge is 2.14. The van der Waals surface area contributed by atoms with E-state index in [9.17, 15) is 4.79 Å². The lowest BCUT2D eigenvalue weighted by Gasteiger charge is -2.15. The zero-order valence-corrected chi connectivity index (χ0v) is 17.0. The number of nitrogens with one attached hydrogen (secondary N) is 1. The number of hydrogen-bond donors (Lipinski definition) is 1. The van der Waals surface area contributed by atoms with Gasteiger partial charge in [0.05, 0.1) is 6.10 Å². The molecule has 2 aromatic rings. The molecule has 0 aromatic heterocycles. The minimum Gasteiger partial charge on any atom is -0.491 e. The number of hydrogen-bond acceptors (Lipinski definition) is 3. The first-order valence-corrected chi connectivity index (χ1v) is 9.62. The van der Waals surface area contributed by atoms with Crippen LogP contribution in [0.2, 0.25) is 0 Å². The highest BCUT2D eigenvalue weighted by atomic mass is 16.5. The Kier molecular flexibility index (Phi) is 7.71. The summed E-state index contributed by atoms with van der Waals surface area (Å²) >= 11 is 0. The Morgan fingerprint density at radius 2 is 1.59 bits per heavy atom. The van der Waals surface area contributed by atoms with Crippen molar-refractivity contribution in [3.8, 4) is 11.5 Å². The molecule has 4 heteroatoms. The van der Waals surface area contributed by atoms with E-state index in [1.165, 1.54) is 11.1 Å². The van der Waals surface area contributed by atoms with Gasteiger partial charge in [-0.25, -0.2) is 0 Å². The smallest absolute Gasteiger partial charge is 0.260 e. The van der Waals surface area contributed by atoms with E-state index in [0.29, 0.717) is 6.54 Å². The van der Waals surface area contributed by atoms with Crippen LogP contribution < -0.4 is 14.8 Å². The summed E-state index contributed by atoms with van der Waals surface area (Å²) in [4.78, 5) is 12.2. The van der Waals surface area contributed by atoms with E-state index < -0.39 is 6.10 Å². The maximum Gasteiger partial charge on any atom is 0.260 e. The third-order valence-electron chi connectivity index (χ3n) is 4.40. The zero-order chi connectivity index (χ0) is 19.8. The first-order valence-electron chi connectivity index (χ1n) is 9.62. The monoisotopic (exact) mass is 369 g/mol. The summed E-state index contributed by atoms with van der Waals surface area (Å²) in [7, 11) is 0. The lowest BCUT2D eigenvalue weighted by Crippen LogP contribution is -2.36. The van der Waals surface area contributed by atoms with Crippen LogP contribution >= 0.6 is 0 Å². The molecule has 0 bridgehead atoms. The number of carbonyl (C=O) groups excluding carboxylic acids is 1. The summed E-state index contributed by atoms with van der Waals surface area (Å²) in [5, 5.41) is 2.95. The topological polar surface area (TPSA) is 47.6 Å². The number of rotatable bonds is 9. The predicted molar refractivity (Wildman–Crippen MR) is 110 cm³/mol. The standard InChI is InChI=1S/C23H31NO3/c1-16(2)26-21-12-9-20(10-13-21)7-6-14-24-23(25)19(5)27-22-11-8-17(3)18(4)15-22/h8-13,15-16,19H,6-7,14H2,1-5H3,(H,24,25). The van der Waals surface area contributed by atoms with E-state index in [1.807, 2.05) is 51.1 Å². The van der Waals surface area contributed by atoms with Crippen molar-refractivity contribution >= 4 is 5.91 Å². The minimum atomic E-state index is -0.514. The van der Waals surface area contributed by atoms with Gasteiger partial charge in [0.15, 0.2) is 6.10 Å². The number of aryl methyl sites for hydroxylation is 3. The number of ether oxygens (including phenoxy) is 2. The van der Waals surface area contributed by atoms with Gasteiger partial charge in [0.1, 0.15) is 11.5 Å². The molecule has 0 aliphatic carbocycles. The van der Waals surface area contributed by atoms with Gasteiger partial charge in [-0.2, -0.15) is 0 Å². The number of amides is 1. The normalized spacial score (nSPS) is 11.9. The number of benzene rings is 2. The predicted octanol–water partition coefficient (Wildman–Crippen LogP) is 4.61. The molecule has 0 saturated heterocycles. The van der Waals surface area contributed by atoms with E-state index in [1.54, 1.807) is 6.92 Å². The van der Waals surface area contributed by atoms with Crippen molar-refractivity contribution in [2.75, 3.05) is 6.54 Å². The lowest BCUT2D eigenvalue weighted by molar-refractivity contribution is -0.127. The summed E-state index contributed by atoms with van der Waals surface area (Å²) < 4.78 is 11.4. The fourth-order valence-electron chi connectivity index (χ4n) is 2.70. The van der Waals surface area contributed by atoms with Gasteiger partial charge in [-0.05, 0) is 88.4 Å². The van der Waals surface area contributed by atoms with E-state index in [-0.39, 0.29) is 12.0 Å². The van der Waals surface area contributed by atoms with Crippen molar-refractivity contribution in [2.24, 2.45) is 0 Å². The van der Waals surface area contributed by atoms with E-state index >= 15 is 0 Å². The highest BCUT2D eigenvalue weighted by Crippen LogP contribution is 2.18. The summed E-state index contributed by atoms with van der Waals surface area (Å²) in [6, 6.07) is 14.0. The van der Waals surface area contributed by atoms with Crippen LogP contribution in [0.4, 0.5) is 0 Å². The summed E-state index contributed by atoms with van der Waals surface area (Å²) in [5.74, 6) is 1.53. The third-order valence-corrected chi connectivity index (χ3v) is 4.40. The molecule has 146 valence electrons. The van der Waals surface area contributed by atoms with Crippen LogP contribution in [0.1, 0.15) is 43.9 Å². The molecule has 1 N–H and O–H groups in total. The van der Waals surface area contributed by atoms with Crippen molar-refractivity contribution in [3.63, 3.8) is 0 Å². The molecular formula is C23H31NO3. The second-order valence-corrected chi connectivity index (χ2v) is 7.21. The van der Waals surface area contributed by atoms with Gasteiger partial charge < -0.3 is 14.8 Å². The molecule has 27 heavy (non-hydrogen) atoms. The average molecular weight is 370 g/mol. The van der Waals surface area contributed by atoms with Crippen LogP contribution in [-0.4, -0.2) is 24.7 Å². The summed E-state index contributed by atoms with van der Waals surface area (Å²) in [6.07, 6.45) is 1.46. The summed E-state index contributed by atoms with van der Waals surface area (Å²) in [5.41, 5.74) is 3.60. The minimum absolute atomic E-state index is 0.0890. The van der Waals surface area contributed by atoms with Crippen molar-refractivity contribution in [3.05, 3.63) is 59.2 Å². The molecule has 2 rings (SSSR count). The highest BCUT2D eigenvalue weighted by molar-refractivity contribution is 5.80. The lowest BCUT2D eigenvalue weighted by atomic mass is 10.1. The fraction of sp³-hybridized carbons (Fsp3) is 0.435. The number of carbonyl (C=O) groups is 1. The van der Waals surface area contributed by atoms with Crippen molar-refractivity contribution in [1.29, 1.82) is 0 Å². The molecule has 1 amide bonds. The van der Waals surface area contributed by atoms with Crippen LogP contribution in [0.15, 0.2) is 42.5 Å². The van der Waals surface area contributed by atoms with Gasteiger partial charge in [0.2, 0.25) is 0 Å². The molecule has 0 spiro atoms. The van der Waals surface area contributed by atoms with Crippen LogP contribution in [0.25, 0.3) is 0 Å². The quantitative estimate of drug-likeness (QED) is 0.657. The SMILES string of the molecule is Cc1ccc(OC(C)C(=O)NCCCc2ccc(OC(C)C)cc2)cc1C. The van der Waals surface area contributed by atoms with Gasteiger partial charge in [0.25, 0.3) is 5.91 Å². The van der Waals surface area contributed by atoms with E-state index in [2.05, 4.69) is 24.4 Å². The fourth-order valence-corrected chi connectivity index (χ4v) is 2.70. The molecule has 0 heterocycles. The Balaban J connectivity index is 1.71. The third kappa shape index (κ3) is 6.97. The molecule has 0 aliphatic rings. The van der Waals surface area contributed by atoms with Crippen molar-refractivity contribution in [1.82, 2.24) is 5.32 Å². The average Bonchev–Trinajstić information content (AvgIpc) is 2.62. The van der Waals surface area contributed by atoms with Gasteiger partial charge in [-0.15, -0.1) is 0 Å². The second kappa shape index (κ2) is 10.0. The van der Waals surface area contributed by atoms with Gasteiger partial charge in [0, 0.05) is 6.54 Å². The van der Waals surface area contributed by atoms with Gasteiger partial charge >= 0.3 is 0 Å².